The number of likely N-dealkylation sites (tertiary alicyclic amines) is 1. The number of imidazole rings is 1. The minimum atomic E-state index is -0.106. The zero-order valence-corrected chi connectivity index (χ0v) is 23.8. The van der Waals surface area contributed by atoms with E-state index in [1.165, 1.54) is 6.33 Å². The molecule has 6 rings (SSSR count). The van der Waals surface area contributed by atoms with E-state index in [0.29, 0.717) is 49.1 Å². The molecule has 212 valence electrons. The van der Waals surface area contributed by atoms with Gasteiger partial charge in [0.1, 0.15) is 25.1 Å². The second kappa shape index (κ2) is 11.4. The summed E-state index contributed by atoms with van der Waals surface area (Å²) in [6.45, 7) is 2.44. The summed E-state index contributed by atoms with van der Waals surface area (Å²) in [6.07, 6.45) is 4.79. The fraction of sp³-hybridized carbons (Fsp3) is 0.333. The number of aromatic amines is 1. The van der Waals surface area contributed by atoms with Gasteiger partial charge in [-0.3, -0.25) is 9.36 Å². The van der Waals surface area contributed by atoms with Crippen LogP contribution in [0.4, 0.5) is 0 Å². The number of carbonyl (C=O) groups excluding carboxylic acids is 1. The molecule has 10 nitrogen and oxygen atoms in total. The lowest BCUT2D eigenvalue weighted by Crippen LogP contribution is -2.41. The van der Waals surface area contributed by atoms with Crippen molar-refractivity contribution < 1.29 is 9.53 Å². The topological polar surface area (TPSA) is 101 Å². The maximum absolute atomic E-state index is 13.6. The summed E-state index contributed by atoms with van der Waals surface area (Å²) in [4.78, 5) is 42.1. The number of nitrogens with one attached hydrogen (secondary N) is 1. The van der Waals surface area contributed by atoms with Crippen LogP contribution in [0.5, 0.6) is 5.88 Å². The van der Waals surface area contributed by atoms with Crippen molar-refractivity contribution in [2.75, 3.05) is 40.3 Å². The molecule has 0 aliphatic carbocycles. The fourth-order valence-corrected chi connectivity index (χ4v) is 5.83. The number of rotatable bonds is 8. The smallest absolute Gasteiger partial charge is 0.326 e. The Bertz CT molecular complexity index is 1770. The van der Waals surface area contributed by atoms with Crippen molar-refractivity contribution in [3.8, 4) is 17.0 Å². The first-order chi connectivity index (χ1) is 19.9. The first kappa shape index (κ1) is 27.0. The number of ether oxygens (including phenoxy) is 1. The van der Waals surface area contributed by atoms with E-state index in [4.69, 9.17) is 16.3 Å². The van der Waals surface area contributed by atoms with Crippen LogP contribution in [0.1, 0.15) is 18.9 Å². The van der Waals surface area contributed by atoms with Gasteiger partial charge in [-0.25, -0.2) is 14.8 Å². The Balaban J connectivity index is 1.25. The molecular weight excluding hydrogens is 542 g/mol. The Kier molecular flexibility index (Phi) is 7.51. The normalized spacial score (nSPS) is 14.4. The number of benzene rings is 2. The molecule has 0 bridgehead atoms. The standard InChI is InChI=1S/C30H32ClN7O3/c1-35(2)15-16-41-29-27-22(21-7-3-4-8-23(21)31)17-37(28(27)32-19-33-29)18-26(39)36-13-11-20(12-14-36)38-25-10-6-5-9-24(25)34-30(38)40/h3-10,17,19-20H,11-16,18H2,1-2H3,(H,34,40). The molecule has 0 saturated carbocycles. The lowest BCUT2D eigenvalue weighted by Gasteiger charge is -2.32. The molecule has 5 aromatic rings. The third kappa shape index (κ3) is 5.32. The monoisotopic (exact) mass is 573 g/mol. The predicted octanol–water partition coefficient (Wildman–Crippen LogP) is 4.20. The van der Waals surface area contributed by atoms with E-state index in [2.05, 4.69) is 15.0 Å². The van der Waals surface area contributed by atoms with E-state index in [9.17, 15) is 9.59 Å². The van der Waals surface area contributed by atoms with E-state index in [1.54, 1.807) is 0 Å². The molecule has 3 aromatic heterocycles. The van der Waals surface area contributed by atoms with Crippen molar-refractivity contribution in [1.82, 2.24) is 33.9 Å². The molecule has 2 aromatic carbocycles. The van der Waals surface area contributed by atoms with Gasteiger partial charge in [-0.15, -0.1) is 0 Å². The van der Waals surface area contributed by atoms with Gasteiger partial charge in [0.15, 0.2) is 0 Å². The molecular formula is C30H32ClN7O3. The van der Waals surface area contributed by atoms with Crippen LogP contribution in [0.2, 0.25) is 5.02 Å². The maximum Gasteiger partial charge on any atom is 0.326 e. The lowest BCUT2D eigenvalue weighted by molar-refractivity contribution is -0.133. The SMILES string of the molecule is CN(C)CCOc1ncnc2c1c(-c1ccccc1Cl)cn2CC(=O)N1CCC(n2c(=O)[nH]c3ccccc32)CC1. The molecule has 0 spiro atoms. The van der Waals surface area contributed by atoms with Crippen LogP contribution in [0, 0.1) is 0 Å². The minimum Gasteiger partial charge on any atom is -0.476 e. The number of halogens is 1. The third-order valence-corrected chi connectivity index (χ3v) is 8.00. The van der Waals surface area contributed by atoms with Crippen molar-refractivity contribution in [2.45, 2.75) is 25.4 Å². The van der Waals surface area contributed by atoms with Crippen LogP contribution in [-0.4, -0.2) is 80.1 Å². The van der Waals surface area contributed by atoms with Gasteiger partial charge in [-0.05, 0) is 45.1 Å². The second-order valence-electron chi connectivity index (χ2n) is 10.6. The lowest BCUT2D eigenvalue weighted by atomic mass is 10.0. The highest BCUT2D eigenvalue weighted by Crippen LogP contribution is 2.38. The Hall–Kier alpha value is -4.15. The van der Waals surface area contributed by atoms with Crippen molar-refractivity contribution in [3.63, 3.8) is 0 Å². The number of piperidine rings is 1. The summed E-state index contributed by atoms with van der Waals surface area (Å²) in [7, 11) is 3.97. The van der Waals surface area contributed by atoms with Gasteiger partial charge >= 0.3 is 5.69 Å². The number of hydrogen-bond donors (Lipinski definition) is 1. The van der Waals surface area contributed by atoms with Gasteiger partial charge in [-0.1, -0.05) is 41.9 Å². The Morgan fingerprint density at radius 3 is 2.61 bits per heavy atom. The van der Waals surface area contributed by atoms with Gasteiger partial charge in [0, 0.05) is 48.0 Å². The summed E-state index contributed by atoms with van der Waals surface area (Å²) in [5.41, 5.74) is 3.88. The third-order valence-electron chi connectivity index (χ3n) is 7.67. The highest BCUT2D eigenvalue weighted by Gasteiger charge is 2.27. The summed E-state index contributed by atoms with van der Waals surface area (Å²) >= 11 is 6.60. The zero-order chi connectivity index (χ0) is 28.5. The molecule has 11 heteroatoms. The first-order valence-corrected chi connectivity index (χ1v) is 14.1. The number of nitrogens with zero attached hydrogens (tertiary/aromatic N) is 6. The van der Waals surface area contributed by atoms with Gasteiger partial charge in [0.25, 0.3) is 0 Å². The molecule has 41 heavy (non-hydrogen) atoms. The van der Waals surface area contributed by atoms with E-state index >= 15 is 0 Å². The summed E-state index contributed by atoms with van der Waals surface area (Å²) in [6, 6.07) is 15.3. The minimum absolute atomic E-state index is 0.00831. The first-order valence-electron chi connectivity index (χ1n) is 13.7. The highest BCUT2D eigenvalue weighted by atomic mass is 35.5. The fourth-order valence-electron chi connectivity index (χ4n) is 5.59. The number of aromatic nitrogens is 5. The van der Waals surface area contributed by atoms with E-state index < -0.39 is 0 Å². The molecule has 0 radical (unpaired) electrons. The van der Waals surface area contributed by atoms with Gasteiger partial charge in [-0.2, -0.15) is 0 Å². The molecule has 1 aliphatic rings. The van der Waals surface area contributed by atoms with Crippen LogP contribution in [0.3, 0.4) is 0 Å². The van der Waals surface area contributed by atoms with Gasteiger partial charge < -0.3 is 24.1 Å². The maximum atomic E-state index is 13.6. The summed E-state index contributed by atoms with van der Waals surface area (Å²) in [5, 5.41) is 1.32. The number of fused-ring (bicyclic) bond motifs is 2. The predicted molar refractivity (Wildman–Crippen MR) is 159 cm³/mol. The van der Waals surface area contributed by atoms with Crippen LogP contribution in [0.15, 0.2) is 65.8 Å². The molecule has 0 atom stereocenters. The van der Waals surface area contributed by atoms with Crippen molar-refractivity contribution >= 4 is 39.6 Å². The van der Waals surface area contributed by atoms with Gasteiger partial charge in [0.2, 0.25) is 11.8 Å². The van der Waals surface area contributed by atoms with E-state index in [1.807, 2.05) is 87.8 Å². The average Bonchev–Trinajstić information content (AvgIpc) is 3.50. The number of carbonyl (C=O) groups is 1. The summed E-state index contributed by atoms with van der Waals surface area (Å²) < 4.78 is 9.77. The Morgan fingerprint density at radius 1 is 1.07 bits per heavy atom. The zero-order valence-electron chi connectivity index (χ0n) is 23.1. The van der Waals surface area contributed by atoms with Crippen molar-refractivity contribution in [2.24, 2.45) is 0 Å². The quantitative estimate of drug-likeness (QED) is 0.299. The van der Waals surface area contributed by atoms with E-state index in [-0.39, 0.29) is 24.2 Å². The molecule has 0 unspecified atom stereocenters. The molecule has 1 amide bonds. The largest absolute Gasteiger partial charge is 0.476 e. The highest BCUT2D eigenvalue weighted by molar-refractivity contribution is 6.33. The number of para-hydroxylation sites is 2. The molecule has 1 saturated heterocycles. The summed E-state index contributed by atoms with van der Waals surface area (Å²) in [5.74, 6) is 0.453. The number of likely N-dealkylation sites (N-methyl/N-ethyl adjacent to an activating group) is 1. The molecule has 1 aliphatic heterocycles. The van der Waals surface area contributed by atoms with Crippen LogP contribution >= 0.6 is 11.6 Å². The average molecular weight is 574 g/mol. The Morgan fingerprint density at radius 2 is 1.83 bits per heavy atom. The van der Waals surface area contributed by atoms with Crippen LogP contribution < -0.4 is 10.4 Å². The van der Waals surface area contributed by atoms with Gasteiger partial charge in [0.05, 0.1) is 16.4 Å². The number of amides is 1. The van der Waals surface area contributed by atoms with E-state index in [0.717, 1.165) is 34.1 Å². The molecule has 1 N–H and O–H groups in total. The Labute approximate surface area is 242 Å². The van der Waals surface area contributed by atoms with Crippen molar-refractivity contribution in [3.05, 3.63) is 76.6 Å². The van der Waals surface area contributed by atoms with Crippen molar-refractivity contribution in [1.29, 1.82) is 0 Å². The van der Waals surface area contributed by atoms with Crippen LogP contribution in [-0.2, 0) is 11.3 Å². The number of hydrogen-bond acceptors (Lipinski definition) is 6. The second-order valence-corrected chi connectivity index (χ2v) is 11.0. The van der Waals surface area contributed by atoms with Crippen LogP contribution in [0.25, 0.3) is 33.2 Å². The molecule has 1 fully saturated rings. The number of H-pyrrole nitrogens is 1. The molecule has 4 heterocycles.